The third kappa shape index (κ3) is 2.98. The van der Waals surface area contributed by atoms with Crippen molar-refractivity contribution in [3.05, 3.63) is 34.6 Å². The fourth-order valence-electron chi connectivity index (χ4n) is 3.40. The summed E-state index contributed by atoms with van der Waals surface area (Å²) in [6, 6.07) is 3.99. The maximum atomic E-state index is 13.3. The molecule has 1 aromatic rings. The molecule has 0 spiro atoms. The largest absolute Gasteiger partial charge is 0.393 e. The van der Waals surface area contributed by atoms with Crippen LogP contribution >= 0.6 is 11.6 Å². The first kappa shape index (κ1) is 15.7. The molecule has 2 saturated heterocycles. The first-order valence-corrected chi connectivity index (χ1v) is 7.97. The van der Waals surface area contributed by atoms with Crippen LogP contribution in [-0.4, -0.2) is 47.8 Å². The van der Waals surface area contributed by atoms with Gasteiger partial charge in [0.15, 0.2) is 0 Å². The summed E-state index contributed by atoms with van der Waals surface area (Å²) in [5.41, 5.74) is 0.379. The van der Waals surface area contributed by atoms with Gasteiger partial charge in [0.25, 0.3) is 5.91 Å². The minimum atomic E-state index is -0.535. The van der Waals surface area contributed by atoms with Crippen molar-refractivity contribution in [2.24, 2.45) is 5.92 Å². The molecule has 1 amide bonds. The summed E-state index contributed by atoms with van der Waals surface area (Å²) in [6.45, 7) is 1.67. The topological polar surface area (TPSA) is 49.8 Å². The average Bonchev–Trinajstić information content (AvgIpc) is 2.99. The Balaban J connectivity index is 1.79. The van der Waals surface area contributed by atoms with E-state index < -0.39 is 11.9 Å². The van der Waals surface area contributed by atoms with E-state index in [0.717, 1.165) is 12.8 Å². The van der Waals surface area contributed by atoms with Gasteiger partial charge >= 0.3 is 0 Å². The number of nitrogens with zero attached hydrogens (tertiary/aromatic N) is 1. The van der Waals surface area contributed by atoms with Crippen LogP contribution in [0, 0.1) is 11.7 Å². The second-order valence-corrected chi connectivity index (χ2v) is 6.34. The molecule has 0 radical (unpaired) electrons. The first-order chi connectivity index (χ1) is 10.6. The number of ether oxygens (including phenoxy) is 1. The third-order valence-corrected chi connectivity index (χ3v) is 4.87. The van der Waals surface area contributed by atoms with E-state index in [4.69, 9.17) is 16.3 Å². The molecule has 6 heteroatoms. The van der Waals surface area contributed by atoms with E-state index >= 15 is 0 Å². The van der Waals surface area contributed by atoms with Gasteiger partial charge in [-0.1, -0.05) is 11.6 Å². The molecule has 1 N–H and O–H groups in total. The van der Waals surface area contributed by atoms with Gasteiger partial charge in [-0.25, -0.2) is 4.39 Å². The van der Waals surface area contributed by atoms with Gasteiger partial charge in [0, 0.05) is 30.7 Å². The Morgan fingerprint density at radius 1 is 1.41 bits per heavy atom. The quantitative estimate of drug-likeness (QED) is 0.908. The lowest BCUT2D eigenvalue weighted by molar-refractivity contribution is -0.0589. The molecule has 22 heavy (non-hydrogen) atoms. The van der Waals surface area contributed by atoms with Crippen LogP contribution in [0.5, 0.6) is 0 Å². The van der Waals surface area contributed by atoms with Crippen molar-refractivity contribution in [1.82, 2.24) is 4.90 Å². The van der Waals surface area contributed by atoms with Gasteiger partial charge in [-0.3, -0.25) is 4.79 Å². The lowest BCUT2D eigenvalue weighted by atomic mass is 9.89. The molecule has 0 aliphatic carbocycles. The third-order valence-electron chi connectivity index (χ3n) is 4.58. The maximum Gasteiger partial charge on any atom is 0.254 e. The lowest BCUT2D eigenvalue weighted by Crippen LogP contribution is -2.48. The van der Waals surface area contributed by atoms with Crippen LogP contribution in [-0.2, 0) is 4.74 Å². The number of aliphatic hydroxyl groups excluding tert-OH is 1. The van der Waals surface area contributed by atoms with E-state index in [1.54, 1.807) is 4.90 Å². The molecule has 4 nitrogen and oxygen atoms in total. The Hall–Kier alpha value is -1.17. The van der Waals surface area contributed by atoms with E-state index in [9.17, 15) is 14.3 Å². The number of carbonyl (C=O) groups excluding carboxylic acids is 1. The van der Waals surface area contributed by atoms with Crippen LogP contribution in [0.2, 0.25) is 5.02 Å². The van der Waals surface area contributed by atoms with Crippen LogP contribution < -0.4 is 0 Å². The molecule has 2 heterocycles. The number of aliphatic hydroxyl groups is 1. The van der Waals surface area contributed by atoms with Gasteiger partial charge in [0.2, 0.25) is 0 Å². The summed E-state index contributed by atoms with van der Waals surface area (Å²) >= 11 is 5.77. The summed E-state index contributed by atoms with van der Waals surface area (Å²) in [5.74, 6) is -0.759. The second-order valence-electron chi connectivity index (χ2n) is 5.93. The highest BCUT2D eigenvalue weighted by Crippen LogP contribution is 2.31. The Bertz CT molecular complexity index is 568. The fourth-order valence-corrected chi connectivity index (χ4v) is 3.58. The highest BCUT2D eigenvalue weighted by molar-refractivity contribution is 6.31. The Morgan fingerprint density at radius 3 is 2.95 bits per heavy atom. The van der Waals surface area contributed by atoms with Crippen molar-refractivity contribution in [3.63, 3.8) is 0 Å². The molecule has 2 aliphatic heterocycles. The van der Waals surface area contributed by atoms with Gasteiger partial charge in [-0.2, -0.15) is 0 Å². The van der Waals surface area contributed by atoms with Crippen molar-refractivity contribution < 1.29 is 19.0 Å². The molecule has 0 bridgehead atoms. The van der Waals surface area contributed by atoms with Crippen molar-refractivity contribution >= 4 is 17.5 Å². The van der Waals surface area contributed by atoms with Crippen molar-refractivity contribution in [2.45, 2.75) is 31.4 Å². The monoisotopic (exact) mass is 327 g/mol. The molecule has 120 valence electrons. The molecular formula is C16H19ClFNO3. The summed E-state index contributed by atoms with van der Waals surface area (Å²) in [5, 5.41) is 10.1. The fraction of sp³-hybridized carbons (Fsp3) is 0.562. The zero-order valence-corrected chi connectivity index (χ0v) is 12.9. The Kier molecular flexibility index (Phi) is 4.66. The van der Waals surface area contributed by atoms with Gasteiger partial charge in [-0.15, -0.1) is 0 Å². The number of carbonyl (C=O) groups is 1. The van der Waals surface area contributed by atoms with E-state index in [1.807, 2.05) is 0 Å². The summed E-state index contributed by atoms with van der Waals surface area (Å²) in [7, 11) is 0. The Labute approximate surface area is 133 Å². The number of halogens is 2. The zero-order valence-electron chi connectivity index (χ0n) is 12.2. The molecule has 0 saturated carbocycles. The zero-order chi connectivity index (χ0) is 15.7. The number of rotatable bonds is 2. The number of benzene rings is 1. The van der Waals surface area contributed by atoms with Crippen LogP contribution in [0.4, 0.5) is 4.39 Å². The van der Waals surface area contributed by atoms with E-state index in [1.165, 1.54) is 18.2 Å². The molecule has 0 unspecified atom stereocenters. The van der Waals surface area contributed by atoms with Gasteiger partial charge < -0.3 is 14.7 Å². The van der Waals surface area contributed by atoms with E-state index in [2.05, 4.69) is 0 Å². The standard InChI is InChI=1S/C16H19ClFNO3/c17-12-8-10(3-4-13(12)18)16(21)19-6-1-2-14(19)11-9-22-7-5-15(11)20/h3-4,8,11,14-15,20H,1-2,5-7,9H2/t11-,14-,15-/m1/s1. The Morgan fingerprint density at radius 2 is 2.23 bits per heavy atom. The highest BCUT2D eigenvalue weighted by atomic mass is 35.5. The normalized spacial score (nSPS) is 28.9. The van der Waals surface area contributed by atoms with Crippen LogP contribution in [0.3, 0.4) is 0 Å². The summed E-state index contributed by atoms with van der Waals surface area (Å²) < 4.78 is 18.7. The minimum absolute atomic E-state index is 0.0355. The molecule has 3 rings (SSSR count). The number of amides is 1. The second kappa shape index (κ2) is 6.52. The van der Waals surface area contributed by atoms with E-state index in [0.29, 0.717) is 31.7 Å². The van der Waals surface area contributed by atoms with E-state index in [-0.39, 0.29) is 22.9 Å². The van der Waals surface area contributed by atoms with Crippen LogP contribution in [0.25, 0.3) is 0 Å². The lowest BCUT2D eigenvalue weighted by Gasteiger charge is -2.37. The molecule has 2 aliphatic rings. The van der Waals surface area contributed by atoms with Crippen LogP contribution in [0.1, 0.15) is 29.6 Å². The van der Waals surface area contributed by atoms with Gasteiger partial charge in [-0.05, 0) is 37.5 Å². The number of likely N-dealkylation sites (tertiary alicyclic amines) is 1. The number of hydrogen-bond donors (Lipinski definition) is 1. The SMILES string of the molecule is O=C(c1ccc(F)c(Cl)c1)N1CCC[C@@H]1[C@H]1COCC[C@H]1O. The minimum Gasteiger partial charge on any atom is -0.393 e. The predicted octanol–water partition coefficient (Wildman–Crippen LogP) is 2.48. The summed E-state index contributed by atoms with van der Waals surface area (Å²) in [4.78, 5) is 14.5. The van der Waals surface area contributed by atoms with Crippen molar-refractivity contribution in [1.29, 1.82) is 0 Å². The summed E-state index contributed by atoms with van der Waals surface area (Å²) in [6.07, 6.45) is 1.91. The molecular weight excluding hydrogens is 309 g/mol. The molecule has 0 aromatic heterocycles. The highest BCUT2D eigenvalue weighted by Gasteiger charge is 2.39. The van der Waals surface area contributed by atoms with Gasteiger partial charge in [0.1, 0.15) is 5.82 Å². The molecule has 3 atom stereocenters. The van der Waals surface area contributed by atoms with Gasteiger partial charge in [0.05, 0.1) is 17.7 Å². The smallest absolute Gasteiger partial charge is 0.254 e. The first-order valence-electron chi connectivity index (χ1n) is 7.60. The molecule has 2 fully saturated rings. The molecule has 1 aromatic carbocycles. The van der Waals surface area contributed by atoms with Crippen molar-refractivity contribution in [3.8, 4) is 0 Å². The number of hydrogen-bond acceptors (Lipinski definition) is 3. The van der Waals surface area contributed by atoms with Crippen molar-refractivity contribution in [2.75, 3.05) is 19.8 Å². The average molecular weight is 328 g/mol. The van der Waals surface area contributed by atoms with Crippen LogP contribution in [0.15, 0.2) is 18.2 Å². The maximum absolute atomic E-state index is 13.3. The predicted molar refractivity (Wildman–Crippen MR) is 80.4 cm³/mol.